The minimum Gasteiger partial charge on any atom is -0.0818 e. The van der Waals surface area contributed by atoms with Crippen molar-refractivity contribution in [3.63, 3.8) is 0 Å². The predicted molar refractivity (Wildman–Crippen MR) is 59.1 cm³/mol. The maximum absolute atomic E-state index is 2.33. The highest BCUT2D eigenvalue weighted by atomic mass is 127. The molecular weight excluding hydrogens is 247 g/mol. The summed E-state index contributed by atoms with van der Waals surface area (Å²) in [6, 6.07) is 8.54. The average molecular weight is 258 g/mol. The van der Waals surface area contributed by atoms with Gasteiger partial charge in [0.1, 0.15) is 0 Å². The van der Waals surface area contributed by atoms with Crippen LogP contribution in [0.2, 0.25) is 0 Å². The average Bonchev–Trinajstić information content (AvgIpc) is 2.04. The molecule has 0 aliphatic rings. The Labute approximate surface area is 81.5 Å². The maximum atomic E-state index is 2.33. The van der Waals surface area contributed by atoms with Crippen LogP contribution in [-0.4, -0.2) is 4.43 Å². The molecule has 0 heterocycles. The van der Waals surface area contributed by atoms with Crippen molar-refractivity contribution in [3.8, 4) is 0 Å². The van der Waals surface area contributed by atoms with Gasteiger partial charge in [0.25, 0.3) is 0 Å². The Balaban J connectivity index is 2.73. The van der Waals surface area contributed by atoms with Gasteiger partial charge in [0, 0.05) is 4.43 Å². The monoisotopic (exact) mass is 258 g/mol. The number of allylic oxidation sites excluding steroid dienone is 1. The summed E-state index contributed by atoms with van der Waals surface area (Å²) in [5.41, 5.74) is 2.60. The van der Waals surface area contributed by atoms with Crippen molar-refractivity contribution in [2.75, 3.05) is 4.43 Å². The third kappa shape index (κ3) is 3.06. The van der Waals surface area contributed by atoms with Gasteiger partial charge in [-0.2, -0.15) is 0 Å². The van der Waals surface area contributed by atoms with Crippen molar-refractivity contribution in [3.05, 3.63) is 41.5 Å². The van der Waals surface area contributed by atoms with E-state index in [1.54, 1.807) is 0 Å². The Bertz CT molecular complexity index is 234. The van der Waals surface area contributed by atoms with Gasteiger partial charge >= 0.3 is 0 Å². The zero-order valence-corrected chi connectivity index (χ0v) is 8.71. The minimum atomic E-state index is 1.08. The number of alkyl halides is 1. The van der Waals surface area contributed by atoms with Gasteiger partial charge < -0.3 is 0 Å². The topological polar surface area (TPSA) is 0 Å². The maximum Gasteiger partial charge on any atom is 0.0179 e. The lowest BCUT2D eigenvalue weighted by atomic mass is 10.1. The van der Waals surface area contributed by atoms with Crippen LogP contribution in [0.1, 0.15) is 11.1 Å². The van der Waals surface area contributed by atoms with Gasteiger partial charge in [0.05, 0.1) is 0 Å². The van der Waals surface area contributed by atoms with E-state index >= 15 is 0 Å². The molecular formula is C10H11I. The first-order chi connectivity index (χ1) is 5.33. The quantitative estimate of drug-likeness (QED) is 0.563. The molecule has 0 bridgehead atoms. The Kier molecular flexibility index (Phi) is 3.63. The number of halogens is 1. The van der Waals surface area contributed by atoms with E-state index in [-0.39, 0.29) is 0 Å². The fourth-order valence-corrected chi connectivity index (χ4v) is 1.11. The van der Waals surface area contributed by atoms with Crippen LogP contribution in [0, 0.1) is 6.92 Å². The molecule has 0 atom stereocenters. The van der Waals surface area contributed by atoms with E-state index in [0.29, 0.717) is 0 Å². The summed E-state index contributed by atoms with van der Waals surface area (Å²) in [4.78, 5) is 0. The molecule has 0 spiro atoms. The van der Waals surface area contributed by atoms with Crippen LogP contribution in [0.3, 0.4) is 0 Å². The lowest BCUT2D eigenvalue weighted by Gasteiger charge is -1.93. The van der Waals surface area contributed by atoms with Crippen molar-refractivity contribution in [2.45, 2.75) is 6.92 Å². The molecule has 0 saturated heterocycles. The van der Waals surface area contributed by atoms with E-state index < -0.39 is 0 Å². The number of rotatable bonds is 2. The SMILES string of the molecule is Cc1ccc(C=CCI)cc1. The second-order valence-electron chi connectivity index (χ2n) is 2.47. The largest absolute Gasteiger partial charge is 0.0818 e. The van der Waals surface area contributed by atoms with E-state index in [1.807, 2.05) is 0 Å². The molecule has 0 N–H and O–H groups in total. The van der Waals surface area contributed by atoms with Crippen molar-refractivity contribution in [1.82, 2.24) is 0 Å². The molecule has 1 aromatic rings. The number of hydrogen-bond acceptors (Lipinski definition) is 0. The zero-order chi connectivity index (χ0) is 8.10. The Morgan fingerprint density at radius 3 is 2.45 bits per heavy atom. The first-order valence-electron chi connectivity index (χ1n) is 3.62. The van der Waals surface area contributed by atoms with Crippen LogP contribution < -0.4 is 0 Å². The Hall–Kier alpha value is -0.310. The van der Waals surface area contributed by atoms with Gasteiger partial charge in [-0.15, -0.1) is 0 Å². The number of hydrogen-bond donors (Lipinski definition) is 0. The highest BCUT2D eigenvalue weighted by Gasteiger charge is 1.84. The Morgan fingerprint density at radius 2 is 1.91 bits per heavy atom. The molecule has 1 rings (SSSR count). The van der Waals surface area contributed by atoms with Crippen molar-refractivity contribution in [2.24, 2.45) is 0 Å². The van der Waals surface area contributed by atoms with Crippen LogP contribution in [0.4, 0.5) is 0 Å². The van der Waals surface area contributed by atoms with Crippen LogP contribution >= 0.6 is 22.6 Å². The first-order valence-corrected chi connectivity index (χ1v) is 5.14. The van der Waals surface area contributed by atoms with Gasteiger partial charge in [-0.3, -0.25) is 0 Å². The third-order valence-electron chi connectivity index (χ3n) is 1.48. The molecule has 0 nitrogen and oxygen atoms in total. The van der Waals surface area contributed by atoms with Crippen LogP contribution in [0.15, 0.2) is 30.3 Å². The molecule has 0 fully saturated rings. The normalized spacial score (nSPS) is 10.7. The van der Waals surface area contributed by atoms with E-state index in [2.05, 4.69) is 65.9 Å². The second kappa shape index (κ2) is 4.54. The first kappa shape index (κ1) is 8.78. The van der Waals surface area contributed by atoms with Gasteiger partial charge in [0.15, 0.2) is 0 Å². The molecule has 0 aliphatic carbocycles. The smallest absolute Gasteiger partial charge is 0.0179 e. The fraction of sp³-hybridized carbons (Fsp3) is 0.200. The van der Waals surface area contributed by atoms with Crippen molar-refractivity contribution < 1.29 is 0 Å². The zero-order valence-electron chi connectivity index (χ0n) is 6.55. The predicted octanol–water partition coefficient (Wildman–Crippen LogP) is 3.44. The lowest BCUT2D eigenvalue weighted by Crippen LogP contribution is -1.73. The van der Waals surface area contributed by atoms with Gasteiger partial charge in [0.2, 0.25) is 0 Å². The molecule has 11 heavy (non-hydrogen) atoms. The molecule has 0 aromatic heterocycles. The number of benzene rings is 1. The summed E-state index contributed by atoms with van der Waals surface area (Å²) in [5.74, 6) is 0. The number of aryl methyl sites for hydroxylation is 1. The van der Waals surface area contributed by atoms with Crippen LogP contribution in [-0.2, 0) is 0 Å². The lowest BCUT2D eigenvalue weighted by molar-refractivity contribution is 1.46. The summed E-state index contributed by atoms with van der Waals surface area (Å²) in [5, 5.41) is 0. The standard InChI is InChI=1S/C10H11I/c1-9-4-6-10(7-5-9)3-2-8-11/h2-7H,8H2,1H3. The van der Waals surface area contributed by atoms with E-state index in [9.17, 15) is 0 Å². The molecule has 0 aliphatic heterocycles. The van der Waals surface area contributed by atoms with Gasteiger partial charge in [-0.05, 0) is 12.5 Å². The molecule has 1 aromatic carbocycles. The highest BCUT2D eigenvalue weighted by Crippen LogP contribution is 2.04. The van der Waals surface area contributed by atoms with E-state index in [4.69, 9.17) is 0 Å². The van der Waals surface area contributed by atoms with Gasteiger partial charge in [-0.25, -0.2) is 0 Å². The molecule has 0 amide bonds. The molecule has 0 unspecified atom stereocenters. The van der Waals surface area contributed by atoms with Crippen molar-refractivity contribution in [1.29, 1.82) is 0 Å². The van der Waals surface area contributed by atoms with Gasteiger partial charge in [-0.1, -0.05) is 64.6 Å². The summed E-state index contributed by atoms with van der Waals surface area (Å²) in [7, 11) is 0. The molecule has 0 saturated carbocycles. The summed E-state index contributed by atoms with van der Waals surface area (Å²) in [6.07, 6.45) is 4.30. The second-order valence-corrected chi connectivity index (χ2v) is 3.35. The molecule has 0 radical (unpaired) electrons. The van der Waals surface area contributed by atoms with Crippen LogP contribution in [0.5, 0.6) is 0 Å². The van der Waals surface area contributed by atoms with E-state index in [1.165, 1.54) is 11.1 Å². The highest BCUT2D eigenvalue weighted by molar-refractivity contribution is 14.1. The van der Waals surface area contributed by atoms with E-state index in [0.717, 1.165) is 4.43 Å². The minimum absolute atomic E-state index is 1.08. The Morgan fingerprint density at radius 1 is 1.27 bits per heavy atom. The van der Waals surface area contributed by atoms with Crippen molar-refractivity contribution >= 4 is 28.7 Å². The molecule has 1 heteroatoms. The summed E-state index contributed by atoms with van der Waals surface area (Å²) in [6.45, 7) is 2.10. The van der Waals surface area contributed by atoms with Crippen LogP contribution in [0.25, 0.3) is 6.08 Å². The fourth-order valence-electron chi connectivity index (χ4n) is 0.858. The summed E-state index contributed by atoms with van der Waals surface area (Å²) >= 11 is 2.33. The molecule has 58 valence electrons. The summed E-state index contributed by atoms with van der Waals surface area (Å²) < 4.78 is 1.08. The third-order valence-corrected chi connectivity index (χ3v) is 1.99.